The Morgan fingerprint density at radius 1 is 1.32 bits per heavy atom. The van der Waals surface area contributed by atoms with E-state index in [1.807, 2.05) is 12.4 Å². The molecule has 2 atom stereocenters. The second-order valence-electron chi connectivity index (χ2n) is 6.42. The monoisotopic (exact) mass is 302 g/mol. The van der Waals surface area contributed by atoms with Crippen LogP contribution in [0.4, 0.5) is 0 Å². The van der Waals surface area contributed by atoms with Crippen LogP contribution in [0, 0.1) is 0 Å². The molecule has 22 heavy (non-hydrogen) atoms. The summed E-state index contributed by atoms with van der Waals surface area (Å²) in [5, 5.41) is 6.49. The standard InChI is InChI=1S/C17H26N4O/c1-13(14-4-9-18-10-5-14)21-11-6-15(7-12-21)20-17(22)16-3-2-8-19-16/h4-5,9-10,13,15-16,19H,2-3,6-8,11-12H2,1H3,(H,20,22). The Kier molecular flexibility index (Phi) is 5.05. The predicted molar refractivity (Wildman–Crippen MR) is 86.4 cm³/mol. The third-order valence-electron chi connectivity index (χ3n) is 4.99. The minimum absolute atomic E-state index is 0.0359. The average Bonchev–Trinajstić information content (AvgIpc) is 3.10. The van der Waals surface area contributed by atoms with E-state index in [9.17, 15) is 4.79 Å². The maximum absolute atomic E-state index is 12.2. The van der Waals surface area contributed by atoms with Crippen molar-refractivity contribution in [1.29, 1.82) is 0 Å². The topological polar surface area (TPSA) is 57.3 Å². The van der Waals surface area contributed by atoms with Gasteiger partial charge in [0.1, 0.15) is 0 Å². The summed E-state index contributed by atoms with van der Waals surface area (Å²) >= 11 is 0. The number of hydrogen-bond donors (Lipinski definition) is 2. The van der Waals surface area contributed by atoms with Gasteiger partial charge in [0, 0.05) is 37.6 Å². The van der Waals surface area contributed by atoms with Gasteiger partial charge in [-0.3, -0.25) is 14.7 Å². The fraction of sp³-hybridized carbons (Fsp3) is 0.647. The van der Waals surface area contributed by atoms with E-state index in [0.717, 1.165) is 45.3 Å². The highest BCUT2D eigenvalue weighted by molar-refractivity contribution is 5.82. The highest BCUT2D eigenvalue weighted by Crippen LogP contribution is 2.23. The molecule has 2 saturated heterocycles. The first kappa shape index (κ1) is 15.4. The van der Waals surface area contributed by atoms with Crippen LogP contribution in [0.5, 0.6) is 0 Å². The quantitative estimate of drug-likeness (QED) is 0.884. The van der Waals surface area contributed by atoms with Crippen LogP contribution in [0.3, 0.4) is 0 Å². The van der Waals surface area contributed by atoms with Crippen molar-refractivity contribution in [2.24, 2.45) is 0 Å². The Morgan fingerprint density at radius 3 is 2.68 bits per heavy atom. The zero-order valence-electron chi connectivity index (χ0n) is 13.3. The molecular formula is C17H26N4O. The number of hydrogen-bond acceptors (Lipinski definition) is 4. The highest BCUT2D eigenvalue weighted by atomic mass is 16.2. The van der Waals surface area contributed by atoms with Gasteiger partial charge in [0.25, 0.3) is 0 Å². The summed E-state index contributed by atoms with van der Waals surface area (Å²) in [7, 11) is 0. The molecule has 0 aliphatic carbocycles. The maximum Gasteiger partial charge on any atom is 0.237 e. The van der Waals surface area contributed by atoms with Gasteiger partial charge in [-0.1, -0.05) is 0 Å². The van der Waals surface area contributed by atoms with Gasteiger partial charge >= 0.3 is 0 Å². The molecule has 120 valence electrons. The molecule has 0 saturated carbocycles. The average molecular weight is 302 g/mol. The van der Waals surface area contributed by atoms with Crippen molar-refractivity contribution in [3.63, 3.8) is 0 Å². The van der Waals surface area contributed by atoms with Crippen molar-refractivity contribution in [2.75, 3.05) is 19.6 Å². The van der Waals surface area contributed by atoms with E-state index in [-0.39, 0.29) is 11.9 Å². The molecule has 5 heteroatoms. The molecule has 0 spiro atoms. The van der Waals surface area contributed by atoms with Gasteiger partial charge in [0.2, 0.25) is 5.91 Å². The van der Waals surface area contributed by atoms with E-state index in [4.69, 9.17) is 0 Å². The molecule has 1 aromatic heterocycles. The van der Waals surface area contributed by atoms with Crippen LogP contribution >= 0.6 is 0 Å². The Labute approximate surface area is 132 Å². The van der Waals surface area contributed by atoms with Crippen molar-refractivity contribution in [3.05, 3.63) is 30.1 Å². The van der Waals surface area contributed by atoms with Crippen LogP contribution in [0.25, 0.3) is 0 Å². The normalized spacial score (nSPS) is 25.0. The number of nitrogens with one attached hydrogen (secondary N) is 2. The third-order valence-corrected chi connectivity index (χ3v) is 4.99. The molecule has 2 fully saturated rings. The van der Waals surface area contributed by atoms with Gasteiger partial charge in [-0.05, 0) is 56.8 Å². The Bertz CT molecular complexity index is 479. The van der Waals surface area contributed by atoms with E-state index < -0.39 is 0 Å². The maximum atomic E-state index is 12.2. The minimum Gasteiger partial charge on any atom is -0.352 e. The fourth-order valence-corrected chi connectivity index (χ4v) is 3.49. The number of nitrogens with zero attached hydrogens (tertiary/aromatic N) is 2. The molecule has 5 nitrogen and oxygen atoms in total. The lowest BCUT2D eigenvalue weighted by molar-refractivity contribution is -0.123. The minimum atomic E-state index is 0.0359. The Morgan fingerprint density at radius 2 is 2.05 bits per heavy atom. The summed E-state index contributed by atoms with van der Waals surface area (Å²) in [6.45, 7) is 5.29. The predicted octanol–water partition coefficient (Wildman–Crippen LogP) is 1.48. The molecule has 2 aliphatic rings. The van der Waals surface area contributed by atoms with Crippen molar-refractivity contribution < 1.29 is 4.79 Å². The molecule has 0 bridgehead atoms. The van der Waals surface area contributed by atoms with Crippen LogP contribution in [-0.2, 0) is 4.79 Å². The van der Waals surface area contributed by atoms with Gasteiger partial charge in [0.15, 0.2) is 0 Å². The summed E-state index contributed by atoms with van der Waals surface area (Å²) in [4.78, 5) is 18.7. The van der Waals surface area contributed by atoms with Gasteiger partial charge < -0.3 is 10.6 Å². The second kappa shape index (κ2) is 7.20. The van der Waals surface area contributed by atoms with Crippen LogP contribution < -0.4 is 10.6 Å². The lowest BCUT2D eigenvalue weighted by Gasteiger charge is -2.36. The number of amides is 1. The first-order chi connectivity index (χ1) is 10.7. The molecule has 1 aromatic rings. The Balaban J connectivity index is 1.47. The summed E-state index contributed by atoms with van der Waals surface area (Å²) in [5.74, 6) is 0.193. The van der Waals surface area contributed by atoms with Crippen LogP contribution in [0.1, 0.15) is 44.2 Å². The SMILES string of the molecule is CC(c1ccncc1)N1CCC(NC(=O)C2CCCN2)CC1. The number of carbonyl (C=O) groups excluding carboxylic acids is 1. The van der Waals surface area contributed by atoms with Gasteiger partial charge in [-0.15, -0.1) is 0 Å². The lowest BCUT2D eigenvalue weighted by Crippen LogP contribution is -2.49. The number of piperidine rings is 1. The first-order valence-electron chi connectivity index (χ1n) is 8.42. The van der Waals surface area contributed by atoms with Crippen molar-refractivity contribution in [3.8, 4) is 0 Å². The van der Waals surface area contributed by atoms with Crippen LogP contribution in [0.2, 0.25) is 0 Å². The number of likely N-dealkylation sites (tertiary alicyclic amines) is 1. The van der Waals surface area contributed by atoms with Gasteiger partial charge in [-0.2, -0.15) is 0 Å². The molecule has 0 aromatic carbocycles. The van der Waals surface area contributed by atoms with E-state index in [1.54, 1.807) is 0 Å². The van der Waals surface area contributed by atoms with Gasteiger partial charge in [-0.25, -0.2) is 0 Å². The molecule has 3 rings (SSSR count). The second-order valence-corrected chi connectivity index (χ2v) is 6.42. The number of aromatic nitrogens is 1. The van der Waals surface area contributed by atoms with E-state index >= 15 is 0 Å². The Hall–Kier alpha value is -1.46. The number of rotatable bonds is 4. The largest absolute Gasteiger partial charge is 0.352 e. The zero-order chi connectivity index (χ0) is 15.4. The smallest absolute Gasteiger partial charge is 0.237 e. The molecule has 2 unspecified atom stereocenters. The van der Waals surface area contributed by atoms with E-state index in [1.165, 1.54) is 5.56 Å². The van der Waals surface area contributed by atoms with Crippen molar-refractivity contribution in [1.82, 2.24) is 20.5 Å². The molecule has 0 radical (unpaired) electrons. The first-order valence-corrected chi connectivity index (χ1v) is 8.42. The summed E-state index contributed by atoms with van der Waals surface area (Å²) < 4.78 is 0. The highest BCUT2D eigenvalue weighted by Gasteiger charge is 2.27. The van der Waals surface area contributed by atoms with Crippen LogP contribution in [0.15, 0.2) is 24.5 Å². The molecule has 3 heterocycles. The molecular weight excluding hydrogens is 276 g/mol. The summed E-state index contributed by atoms with van der Waals surface area (Å²) in [6.07, 6.45) is 7.87. The molecule has 2 aliphatic heterocycles. The zero-order valence-corrected chi connectivity index (χ0v) is 13.3. The number of pyridine rings is 1. The third kappa shape index (κ3) is 3.65. The van der Waals surface area contributed by atoms with Crippen LogP contribution in [-0.4, -0.2) is 47.5 Å². The van der Waals surface area contributed by atoms with Crippen molar-refractivity contribution >= 4 is 5.91 Å². The van der Waals surface area contributed by atoms with Crippen molar-refractivity contribution in [2.45, 2.75) is 50.7 Å². The fourth-order valence-electron chi connectivity index (χ4n) is 3.49. The summed E-state index contributed by atoms with van der Waals surface area (Å²) in [5.41, 5.74) is 1.31. The number of carbonyl (C=O) groups is 1. The molecule has 2 N–H and O–H groups in total. The van der Waals surface area contributed by atoms with Gasteiger partial charge in [0.05, 0.1) is 6.04 Å². The lowest BCUT2D eigenvalue weighted by atomic mass is 10.0. The van der Waals surface area contributed by atoms with E-state index in [2.05, 4.69) is 39.6 Å². The van der Waals surface area contributed by atoms with E-state index in [0.29, 0.717) is 12.1 Å². The molecule has 1 amide bonds. The summed E-state index contributed by atoms with van der Waals surface area (Å²) in [6, 6.07) is 4.95.